The number of rotatable bonds is 8. The van der Waals surface area contributed by atoms with Crippen molar-refractivity contribution in [2.24, 2.45) is 0 Å². The van der Waals surface area contributed by atoms with Gasteiger partial charge in [-0.2, -0.15) is 0 Å². The molecular weight excluding hydrogens is 356 g/mol. The van der Waals surface area contributed by atoms with Gasteiger partial charge in [-0.15, -0.1) is 0 Å². The van der Waals surface area contributed by atoms with Crippen LogP contribution in [0.2, 0.25) is 0 Å². The third-order valence-corrected chi connectivity index (χ3v) is 5.20. The van der Waals surface area contributed by atoms with Crippen LogP contribution < -0.4 is 9.62 Å². The summed E-state index contributed by atoms with van der Waals surface area (Å²) in [6.07, 6.45) is -0.316. The van der Waals surface area contributed by atoms with Crippen molar-refractivity contribution in [3.05, 3.63) is 36.4 Å². The fourth-order valence-corrected chi connectivity index (χ4v) is 3.79. The summed E-state index contributed by atoms with van der Waals surface area (Å²) in [4.78, 5) is 24.2. The molecule has 140 valence electrons. The molecule has 0 radical (unpaired) electrons. The van der Waals surface area contributed by atoms with Gasteiger partial charge in [0.05, 0.1) is 4.90 Å². The third-order valence-electron chi connectivity index (χ3n) is 3.68. The van der Waals surface area contributed by atoms with Crippen LogP contribution in [0.25, 0.3) is 10.8 Å². The summed E-state index contributed by atoms with van der Waals surface area (Å²) >= 11 is 0. The number of Topliss-reactive ketones (excluding diaryl/α,β-unsaturated/α-hetero) is 1. The van der Waals surface area contributed by atoms with E-state index in [1.165, 1.54) is 13.0 Å². The summed E-state index contributed by atoms with van der Waals surface area (Å²) in [5.41, 5.74) is 0.915. The van der Waals surface area contributed by atoms with Crippen molar-refractivity contribution in [3.8, 4) is 0 Å². The van der Waals surface area contributed by atoms with Crippen molar-refractivity contribution < 1.29 is 22.7 Å². The highest BCUT2D eigenvalue weighted by molar-refractivity contribution is 7.89. The Kier molecular flexibility index (Phi) is 6.33. The molecule has 0 aliphatic rings. The van der Waals surface area contributed by atoms with Crippen LogP contribution in [-0.4, -0.2) is 47.4 Å². The summed E-state index contributed by atoms with van der Waals surface area (Å²) < 4.78 is 32.5. The van der Waals surface area contributed by atoms with E-state index in [-0.39, 0.29) is 30.3 Å². The first-order valence-electron chi connectivity index (χ1n) is 8.06. The van der Waals surface area contributed by atoms with E-state index >= 15 is 0 Å². The number of hydrogen-bond acceptors (Lipinski definition) is 6. The lowest BCUT2D eigenvalue weighted by atomic mass is 10.1. The Morgan fingerprint density at radius 1 is 1.08 bits per heavy atom. The lowest BCUT2D eigenvalue weighted by molar-refractivity contribution is -0.145. The SMILES string of the molecule is CC(=O)CC(=O)OCCNS(=O)(=O)c1cccc2c(N(C)C)cccc12. The lowest BCUT2D eigenvalue weighted by Crippen LogP contribution is -2.28. The van der Waals surface area contributed by atoms with Gasteiger partial charge in [-0.05, 0) is 19.1 Å². The second-order valence-electron chi connectivity index (χ2n) is 6.02. The van der Waals surface area contributed by atoms with Crippen molar-refractivity contribution in [3.63, 3.8) is 0 Å². The predicted molar refractivity (Wildman–Crippen MR) is 99.7 cm³/mol. The van der Waals surface area contributed by atoms with Crippen LogP contribution in [0.1, 0.15) is 13.3 Å². The number of sulfonamides is 1. The maximum absolute atomic E-state index is 12.6. The molecule has 2 rings (SSSR count). The Morgan fingerprint density at radius 3 is 2.38 bits per heavy atom. The van der Waals surface area contributed by atoms with Crippen LogP contribution in [0.4, 0.5) is 5.69 Å². The monoisotopic (exact) mass is 378 g/mol. The molecule has 8 heteroatoms. The van der Waals surface area contributed by atoms with Crippen LogP contribution in [0.3, 0.4) is 0 Å². The molecule has 2 aromatic rings. The molecule has 0 amide bonds. The second-order valence-corrected chi connectivity index (χ2v) is 7.76. The Balaban J connectivity index is 2.15. The average Bonchev–Trinajstić information content (AvgIpc) is 2.57. The minimum absolute atomic E-state index is 0.0737. The van der Waals surface area contributed by atoms with Crippen molar-refractivity contribution >= 4 is 38.2 Å². The van der Waals surface area contributed by atoms with Gasteiger partial charge >= 0.3 is 5.97 Å². The van der Waals surface area contributed by atoms with Gasteiger partial charge in [0.2, 0.25) is 10.0 Å². The molecule has 0 bridgehead atoms. The summed E-state index contributed by atoms with van der Waals surface area (Å²) in [6, 6.07) is 10.6. The molecule has 26 heavy (non-hydrogen) atoms. The number of nitrogens with one attached hydrogen (secondary N) is 1. The zero-order valence-electron chi connectivity index (χ0n) is 15.0. The standard InChI is InChI=1S/C18H22N2O5S/c1-13(21)12-18(22)25-11-10-19-26(23,24)17-9-5-6-14-15(17)7-4-8-16(14)20(2)3/h4-9,19H,10-12H2,1-3H3. The Morgan fingerprint density at radius 2 is 1.73 bits per heavy atom. The van der Waals surface area contributed by atoms with Crippen molar-refractivity contribution in [1.29, 1.82) is 0 Å². The smallest absolute Gasteiger partial charge is 0.313 e. The Bertz CT molecular complexity index is 922. The Hall–Kier alpha value is -2.45. The summed E-state index contributed by atoms with van der Waals surface area (Å²) in [5.74, 6) is -0.972. The van der Waals surface area contributed by atoms with E-state index in [0.29, 0.717) is 5.39 Å². The molecule has 0 saturated heterocycles. The van der Waals surface area contributed by atoms with E-state index in [1.54, 1.807) is 18.2 Å². The number of carbonyl (C=O) groups excluding carboxylic acids is 2. The highest BCUT2D eigenvalue weighted by Crippen LogP contribution is 2.29. The molecule has 7 nitrogen and oxygen atoms in total. The fourth-order valence-electron chi connectivity index (χ4n) is 2.56. The van der Waals surface area contributed by atoms with Crippen molar-refractivity contribution in [2.75, 3.05) is 32.1 Å². The normalized spacial score (nSPS) is 11.3. The van der Waals surface area contributed by atoms with Crippen LogP contribution in [0.15, 0.2) is 41.3 Å². The highest BCUT2D eigenvalue weighted by Gasteiger charge is 2.18. The van der Waals surface area contributed by atoms with Crippen molar-refractivity contribution in [2.45, 2.75) is 18.2 Å². The molecular formula is C18H22N2O5S. The molecule has 0 aromatic heterocycles. The van der Waals surface area contributed by atoms with E-state index in [1.807, 2.05) is 31.1 Å². The minimum atomic E-state index is -3.78. The Labute approximate surface area is 153 Å². The zero-order chi connectivity index (χ0) is 19.3. The van der Waals surface area contributed by atoms with Crippen LogP contribution in [0.5, 0.6) is 0 Å². The minimum Gasteiger partial charge on any atom is -0.464 e. The molecule has 0 atom stereocenters. The van der Waals surface area contributed by atoms with Crippen LogP contribution >= 0.6 is 0 Å². The fraction of sp³-hybridized carbons (Fsp3) is 0.333. The first-order chi connectivity index (χ1) is 12.2. The summed E-state index contributed by atoms with van der Waals surface area (Å²) in [6.45, 7) is 1.07. The zero-order valence-corrected chi connectivity index (χ0v) is 15.8. The number of fused-ring (bicyclic) bond motifs is 1. The van der Waals surface area contributed by atoms with E-state index in [0.717, 1.165) is 11.1 Å². The van der Waals surface area contributed by atoms with Gasteiger partial charge in [-0.1, -0.05) is 24.3 Å². The molecule has 0 aliphatic heterocycles. The molecule has 1 N–H and O–H groups in total. The number of hydrogen-bond donors (Lipinski definition) is 1. The maximum Gasteiger partial charge on any atom is 0.313 e. The molecule has 0 fully saturated rings. The van der Waals surface area contributed by atoms with E-state index in [2.05, 4.69) is 4.72 Å². The van der Waals surface area contributed by atoms with Crippen LogP contribution in [0, 0.1) is 0 Å². The van der Waals surface area contributed by atoms with Gasteiger partial charge in [0, 0.05) is 37.1 Å². The van der Waals surface area contributed by atoms with Gasteiger partial charge in [-0.25, -0.2) is 13.1 Å². The highest BCUT2D eigenvalue weighted by atomic mass is 32.2. The quantitative estimate of drug-likeness (QED) is 0.427. The number of anilines is 1. The van der Waals surface area contributed by atoms with Gasteiger partial charge in [0.25, 0.3) is 0 Å². The number of ether oxygens (including phenoxy) is 1. The van der Waals surface area contributed by atoms with E-state index in [4.69, 9.17) is 4.74 Å². The van der Waals surface area contributed by atoms with Gasteiger partial charge in [-0.3, -0.25) is 9.59 Å². The number of benzene rings is 2. The molecule has 0 aliphatic carbocycles. The molecule has 0 saturated carbocycles. The largest absolute Gasteiger partial charge is 0.464 e. The summed E-state index contributed by atoms with van der Waals surface area (Å²) in [7, 11) is 0.00781. The third kappa shape index (κ3) is 4.80. The second kappa shape index (κ2) is 8.29. The number of esters is 1. The number of ketones is 1. The van der Waals surface area contributed by atoms with Gasteiger partial charge in [0.1, 0.15) is 18.8 Å². The molecule has 2 aromatic carbocycles. The maximum atomic E-state index is 12.6. The predicted octanol–water partition coefficient (Wildman–Crippen LogP) is 1.71. The number of nitrogens with zero attached hydrogens (tertiary/aromatic N) is 1. The molecule has 0 spiro atoms. The van der Waals surface area contributed by atoms with Crippen molar-refractivity contribution in [1.82, 2.24) is 4.72 Å². The lowest BCUT2D eigenvalue weighted by Gasteiger charge is -2.17. The first-order valence-corrected chi connectivity index (χ1v) is 9.54. The van der Waals surface area contributed by atoms with Gasteiger partial charge < -0.3 is 9.64 Å². The molecule has 0 unspecified atom stereocenters. The number of carbonyl (C=O) groups is 2. The molecule has 0 heterocycles. The van der Waals surface area contributed by atoms with E-state index < -0.39 is 16.0 Å². The topological polar surface area (TPSA) is 92.8 Å². The van der Waals surface area contributed by atoms with Gasteiger partial charge in [0.15, 0.2) is 0 Å². The summed E-state index contributed by atoms with van der Waals surface area (Å²) in [5, 5.41) is 1.44. The average molecular weight is 378 g/mol. The first kappa shape index (κ1) is 19.9. The van der Waals surface area contributed by atoms with Crippen LogP contribution in [-0.2, 0) is 24.3 Å². The van der Waals surface area contributed by atoms with E-state index in [9.17, 15) is 18.0 Å².